The van der Waals surface area contributed by atoms with Crippen LogP contribution in [-0.4, -0.2) is 46.5 Å². The summed E-state index contributed by atoms with van der Waals surface area (Å²) in [6, 6.07) is 2.31. The van der Waals surface area contributed by atoms with Gasteiger partial charge in [-0.2, -0.15) is 10.4 Å². The van der Waals surface area contributed by atoms with Gasteiger partial charge in [0.2, 0.25) is 0 Å². The molecular weight excluding hydrogens is 294 g/mol. The smallest absolute Gasteiger partial charge is 0.413 e. The molecule has 2 heterocycles. The van der Waals surface area contributed by atoms with Gasteiger partial charge in [0.1, 0.15) is 17.2 Å². The molecule has 126 valence electrons. The number of hydrogen-bond acceptors (Lipinski definition) is 5. The first-order valence-corrected chi connectivity index (χ1v) is 7.89. The Hall–Kier alpha value is -2.07. The summed E-state index contributed by atoms with van der Waals surface area (Å²) >= 11 is 0. The van der Waals surface area contributed by atoms with Crippen LogP contribution in [0.25, 0.3) is 0 Å². The quantitative estimate of drug-likeness (QED) is 0.906. The molecule has 7 nitrogen and oxygen atoms in total. The topological polar surface area (TPSA) is 83.2 Å². The van der Waals surface area contributed by atoms with Crippen LogP contribution in [0.5, 0.6) is 0 Å². The zero-order valence-corrected chi connectivity index (χ0v) is 14.5. The van der Waals surface area contributed by atoms with Gasteiger partial charge in [-0.1, -0.05) is 0 Å². The van der Waals surface area contributed by atoms with E-state index in [-0.39, 0.29) is 6.04 Å². The predicted octanol–water partition coefficient (Wildman–Crippen LogP) is 2.68. The number of hydrogen-bond donors (Lipinski definition) is 1. The minimum atomic E-state index is -0.593. The van der Waals surface area contributed by atoms with Crippen LogP contribution < -0.4 is 5.32 Å². The number of nitrogens with zero attached hydrogens (tertiary/aromatic N) is 4. The Labute approximate surface area is 137 Å². The first-order valence-electron chi connectivity index (χ1n) is 7.89. The molecule has 0 atom stereocenters. The van der Waals surface area contributed by atoms with Crippen molar-refractivity contribution in [3.05, 3.63) is 11.3 Å². The summed E-state index contributed by atoms with van der Waals surface area (Å²) in [5.74, 6) is 0.439. The van der Waals surface area contributed by atoms with Gasteiger partial charge in [0, 0.05) is 0 Å². The fraction of sp³-hybridized carbons (Fsp3) is 0.688. The van der Waals surface area contributed by atoms with Gasteiger partial charge >= 0.3 is 6.09 Å². The van der Waals surface area contributed by atoms with E-state index < -0.39 is 11.7 Å². The fourth-order valence-corrected chi connectivity index (χ4v) is 2.71. The second-order valence-electron chi connectivity index (χ2n) is 7.03. The number of aryl methyl sites for hydroxylation is 1. The number of rotatable bonds is 2. The number of amides is 1. The van der Waals surface area contributed by atoms with Gasteiger partial charge in [-0.3, -0.25) is 5.32 Å². The minimum absolute atomic E-state index is 0.178. The number of carbonyl (C=O) groups excluding carboxylic acids is 1. The third-order valence-electron chi connectivity index (χ3n) is 3.85. The van der Waals surface area contributed by atoms with Gasteiger partial charge in [0.15, 0.2) is 5.82 Å². The second kappa shape index (κ2) is 6.59. The van der Waals surface area contributed by atoms with Crippen molar-refractivity contribution in [3.63, 3.8) is 0 Å². The van der Waals surface area contributed by atoms with E-state index in [9.17, 15) is 10.1 Å². The Morgan fingerprint density at radius 3 is 2.52 bits per heavy atom. The summed E-state index contributed by atoms with van der Waals surface area (Å²) in [5.41, 5.74) is 0.428. The molecule has 0 bridgehead atoms. The van der Waals surface area contributed by atoms with Gasteiger partial charge in [0.05, 0.1) is 11.7 Å². The summed E-state index contributed by atoms with van der Waals surface area (Å²) in [5, 5.41) is 16.6. The summed E-state index contributed by atoms with van der Waals surface area (Å²) in [4.78, 5) is 14.4. The highest BCUT2D eigenvalue weighted by atomic mass is 16.6. The molecule has 1 aliphatic heterocycles. The average molecular weight is 319 g/mol. The summed E-state index contributed by atoms with van der Waals surface area (Å²) in [6.45, 7) is 9.13. The average Bonchev–Trinajstić information content (AvgIpc) is 2.73. The lowest BCUT2D eigenvalue weighted by molar-refractivity contribution is 0.0633. The molecule has 1 aromatic rings. The van der Waals surface area contributed by atoms with Crippen molar-refractivity contribution in [1.29, 1.82) is 5.26 Å². The van der Waals surface area contributed by atoms with E-state index in [1.165, 1.54) is 0 Å². The standard InChI is InChI=1S/C16H25N5O2/c1-11-13(10-17)14(18-15(22)23-16(2,3)4)21(19-11)12-6-8-20(5)9-7-12/h12H,6-9H2,1-5H3,(H,18,22). The number of carbonyl (C=O) groups is 1. The Morgan fingerprint density at radius 1 is 1.39 bits per heavy atom. The lowest BCUT2D eigenvalue weighted by Crippen LogP contribution is -2.33. The SMILES string of the molecule is Cc1nn(C2CCN(C)CC2)c(NC(=O)OC(C)(C)C)c1C#N. The molecule has 0 aliphatic carbocycles. The van der Waals surface area contributed by atoms with Gasteiger partial charge < -0.3 is 9.64 Å². The lowest BCUT2D eigenvalue weighted by atomic mass is 10.1. The Morgan fingerprint density at radius 2 is 2.00 bits per heavy atom. The van der Waals surface area contributed by atoms with Crippen molar-refractivity contribution in [2.75, 3.05) is 25.5 Å². The van der Waals surface area contributed by atoms with E-state index in [1.54, 1.807) is 32.4 Å². The van der Waals surface area contributed by atoms with Gasteiger partial charge in [-0.05, 0) is 60.7 Å². The molecule has 1 N–H and O–H groups in total. The predicted molar refractivity (Wildman–Crippen MR) is 87.3 cm³/mol. The molecule has 0 radical (unpaired) electrons. The summed E-state index contributed by atoms with van der Waals surface area (Å²) < 4.78 is 7.08. The van der Waals surface area contributed by atoms with Crippen molar-refractivity contribution in [2.45, 2.75) is 52.2 Å². The van der Waals surface area contributed by atoms with Crippen LogP contribution in [0.15, 0.2) is 0 Å². The van der Waals surface area contributed by atoms with Crippen LogP contribution in [-0.2, 0) is 4.74 Å². The molecule has 23 heavy (non-hydrogen) atoms. The molecule has 1 amide bonds. The number of ether oxygens (including phenoxy) is 1. The molecule has 0 saturated carbocycles. The Balaban J connectivity index is 2.26. The molecule has 2 rings (SSSR count). The number of piperidine rings is 1. The first kappa shape index (κ1) is 17.3. The molecule has 7 heteroatoms. The maximum atomic E-state index is 12.1. The van der Waals surface area contributed by atoms with Crippen LogP contribution >= 0.6 is 0 Å². The van der Waals surface area contributed by atoms with E-state index in [2.05, 4.69) is 28.4 Å². The largest absolute Gasteiger partial charge is 0.444 e. The molecule has 1 saturated heterocycles. The van der Waals surface area contributed by atoms with E-state index in [0.29, 0.717) is 17.1 Å². The number of aromatic nitrogens is 2. The van der Waals surface area contributed by atoms with Crippen molar-refractivity contribution in [3.8, 4) is 6.07 Å². The monoisotopic (exact) mass is 319 g/mol. The molecule has 1 fully saturated rings. The second-order valence-corrected chi connectivity index (χ2v) is 7.03. The molecule has 0 aromatic carbocycles. The van der Waals surface area contributed by atoms with Gasteiger partial charge in [-0.15, -0.1) is 0 Å². The van der Waals surface area contributed by atoms with Crippen LogP contribution in [0.2, 0.25) is 0 Å². The number of anilines is 1. The maximum Gasteiger partial charge on any atom is 0.413 e. The zero-order valence-electron chi connectivity index (χ0n) is 14.5. The van der Waals surface area contributed by atoms with Crippen LogP contribution in [0.1, 0.15) is 50.9 Å². The van der Waals surface area contributed by atoms with Crippen LogP contribution in [0.4, 0.5) is 10.6 Å². The van der Waals surface area contributed by atoms with E-state index in [0.717, 1.165) is 25.9 Å². The highest BCUT2D eigenvalue weighted by Crippen LogP contribution is 2.29. The number of nitrogens with one attached hydrogen (secondary N) is 1. The minimum Gasteiger partial charge on any atom is -0.444 e. The summed E-state index contributed by atoms with van der Waals surface area (Å²) in [6.07, 6.45) is 1.31. The molecule has 1 aromatic heterocycles. The molecule has 0 unspecified atom stereocenters. The van der Waals surface area contributed by atoms with Crippen LogP contribution in [0.3, 0.4) is 0 Å². The van der Waals surface area contributed by atoms with E-state index in [4.69, 9.17) is 4.74 Å². The third-order valence-corrected chi connectivity index (χ3v) is 3.85. The molecular formula is C16H25N5O2. The van der Waals surface area contributed by atoms with Crippen molar-refractivity contribution < 1.29 is 9.53 Å². The Kier molecular flexibility index (Phi) is 4.95. The van der Waals surface area contributed by atoms with Crippen LogP contribution in [0, 0.1) is 18.3 Å². The molecule has 1 aliphatic rings. The fourth-order valence-electron chi connectivity index (χ4n) is 2.71. The number of nitriles is 1. The molecule has 0 spiro atoms. The normalized spacial score (nSPS) is 16.9. The lowest BCUT2D eigenvalue weighted by Gasteiger charge is -2.30. The van der Waals surface area contributed by atoms with Crippen molar-refractivity contribution >= 4 is 11.9 Å². The highest BCUT2D eigenvalue weighted by Gasteiger charge is 2.27. The highest BCUT2D eigenvalue weighted by molar-refractivity contribution is 5.85. The zero-order chi connectivity index (χ0) is 17.2. The first-order chi connectivity index (χ1) is 10.7. The Bertz CT molecular complexity index is 616. The van der Waals surface area contributed by atoms with Gasteiger partial charge in [0.25, 0.3) is 0 Å². The van der Waals surface area contributed by atoms with E-state index >= 15 is 0 Å². The maximum absolute atomic E-state index is 12.1. The van der Waals surface area contributed by atoms with Gasteiger partial charge in [-0.25, -0.2) is 9.48 Å². The third kappa shape index (κ3) is 4.23. The van der Waals surface area contributed by atoms with Crippen molar-refractivity contribution in [2.24, 2.45) is 0 Å². The summed E-state index contributed by atoms with van der Waals surface area (Å²) in [7, 11) is 2.09. The van der Waals surface area contributed by atoms with Crippen molar-refractivity contribution in [1.82, 2.24) is 14.7 Å². The van der Waals surface area contributed by atoms with E-state index in [1.807, 2.05) is 0 Å². The number of likely N-dealkylation sites (tertiary alicyclic amines) is 1.